The van der Waals surface area contributed by atoms with E-state index in [2.05, 4.69) is 10.3 Å². The largest absolute Gasteiger partial charge is 0.489 e. The minimum Gasteiger partial charge on any atom is -0.489 e. The summed E-state index contributed by atoms with van der Waals surface area (Å²) in [4.78, 5) is 35.5. The third-order valence-corrected chi connectivity index (χ3v) is 8.70. The molecule has 2 aromatic heterocycles. The summed E-state index contributed by atoms with van der Waals surface area (Å²) in [5.74, 6) is -0.876. The molecule has 0 fully saturated rings. The molecular weight excluding hydrogens is 595 g/mol. The number of thiazole rings is 1. The molecule has 3 heterocycles. The molecule has 0 bridgehead atoms. The molecule has 43 heavy (non-hydrogen) atoms. The first-order chi connectivity index (χ1) is 20.1. The van der Waals surface area contributed by atoms with Crippen LogP contribution in [0.1, 0.15) is 62.2 Å². The fourth-order valence-electron chi connectivity index (χ4n) is 4.92. The van der Waals surface area contributed by atoms with E-state index in [1.807, 2.05) is 0 Å². The van der Waals surface area contributed by atoms with E-state index in [-0.39, 0.29) is 54.1 Å². The molecule has 4 aromatic rings. The molecule has 0 radical (unpaired) electrons. The number of hydrogen-bond donors (Lipinski definition) is 4. The molecule has 0 unspecified atom stereocenters. The molecule has 2 atom stereocenters. The summed E-state index contributed by atoms with van der Waals surface area (Å²) < 4.78 is 20.8. The van der Waals surface area contributed by atoms with Crippen molar-refractivity contribution in [2.45, 2.75) is 57.2 Å². The average molecular weight is 627 g/mol. The summed E-state index contributed by atoms with van der Waals surface area (Å²) in [6, 6.07) is 10.8. The highest BCUT2D eigenvalue weighted by Crippen LogP contribution is 2.46. The fourth-order valence-corrected chi connectivity index (χ4v) is 5.88. The van der Waals surface area contributed by atoms with Gasteiger partial charge in [-0.25, -0.2) is 14.4 Å². The number of anilines is 1. The Morgan fingerprint density at radius 3 is 2.60 bits per heavy atom. The van der Waals surface area contributed by atoms with E-state index in [0.717, 1.165) is 4.70 Å². The van der Waals surface area contributed by atoms with Crippen LogP contribution >= 0.6 is 22.9 Å². The van der Waals surface area contributed by atoms with Gasteiger partial charge in [0.2, 0.25) is 5.91 Å². The van der Waals surface area contributed by atoms with Gasteiger partial charge in [-0.05, 0) is 76.6 Å². The van der Waals surface area contributed by atoms with Crippen molar-refractivity contribution in [2.24, 2.45) is 0 Å². The second kappa shape index (κ2) is 11.1. The molecule has 0 saturated carbocycles. The van der Waals surface area contributed by atoms with Crippen molar-refractivity contribution < 1.29 is 28.9 Å². The minimum atomic E-state index is -1.60. The number of halogens is 2. The Morgan fingerprint density at radius 2 is 1.91 bits per heavy atom. The minimum absolute atomic E-state index is 0.00308. The summed E-state index contributed by atoms with van der Waals surface area (Å²) in [5.41, 5.74) is 4.39. The quantitative estimate of drug-likeness (QED) is 0.187. The van der Waals surface area contributed by atoms with Gasteiger partial charge in [0.05, 0.1) is 26.5 Å². The van der Waals surface area contributed by atoms with Gasteiger partial charge in [-0.1, -0.05) is 22.9 Å². The molecule has 226 valence electrons. The van der Waals surface area contributed by atoms with E-state index in [1.54, 1.807) is 52.0 Å². The number of nitrogens with two attached hydrogens (primary N) is 1. The standard InChI is InChI=1S/C31H32ClFN4O5S/c1-29(2,40)14-35-27(39)30(3)15-42-26-18(30)13-24(37-25(26)17-5-7-20(33)19(32)11-17)31(4,41)10-9-22(38)16-6-8-21-23(12-16)43-28(34)36-21/h5-8,11-13,40-41H,9-10,14-15H2,1-4H3,(H2,34,36)(H,35,39)/t30-,31-/m0/s1. The lowest BCUT2D eigenvalue weighted by Crippen LogP contribution is -2.48. The van der Waals surface area contributed by atoms with Crippen LogP contribution in [0.5, 0.6) is 5.75 Å². The molecule has 1 aliphatic rings. The van der Waals surface area contributed by atoms with E-state index >= 15 is 0 Å². The van der Waals surface area contributed by atoms with Crippen molar-refractivity contribution in [3.05, 3.63) is 70.1 Å². The van der Waals surface area contributed by atoms with Crippen LogP contribution in [0.25, 0.3) is 21.5 Å². The van der Waals surface area contributed by atoms with Gasteiger partial charge >= 0.3 is 0 Å². The monoisotopic (exact) mass is 626 g/mol. The number of pyridine rings is 1. The van der Waals surface area contributed by atoms with Crippen molar-refractivity contribution in [1.29, 1.82) is 0 Å². The fraction of sp³-hybridized carbons (Fsp3) is 0.355. The van der Waals surface area contributed by atoms with Gasteiger partial charge in [-0.3, -0.25) is 9.59 Å². The van der Waals surface area contributed by atoms with Gasteiger partial charge in [0.15, 0.2) is 10.9 Å². The van der Waals surface area contributed by atoms with Gasteiger partial charge in [0.1, 0.15) is 34.9 Å². The summed E-state index contributed by atoms with van der Waals surface area (Å²) in [5, 5.41) is 24.9. The van der Waals surface area contributed by atoms with Crippen LogP contribution in [-0.2, 0) is 15.8 Å². The molecule has 5 N–H and O–H groups in total. The first-order valence-electron chi connectivity index (χ1n) is 13.6. The van der Waals surface area contributed by atoms with Crippen LogP contribution in [0, 0.1) is 5.82 Å². The zero-order valence-electron chi connectivity index (χ0n) is 24.1. The number of nitrogens with one attached hydrogen (secondary N) is 1. The van der Waals surface area contributed by atoms with Gasteiger partial charge in [-0.15, -0.1) is 0 Å². The number of nitrogen functional groups attached to an aromatic ring is 1. The smallest absolute Gasteiger partial charge is 0.234 e. The lowest BCUT2D eigenvalue weighted by atomic mass is 9.81. The van der Waals surface area contributed by atoms with Crippen molar-refractivity contribution in [2.75, 3.05) is 18.9 Å². The van der Waals surface area contributed by atoms with Crippen molar-refractivity contribution >= 4 is 50.0 Å². The molecule has 12 heteroatoms. The number of ether oxygens (including phenoxy) is 1. The maximum absolute atomic E-state index is 14.0. The molecule has 2 aromatic carbocycles. The normalized spacial score (nSPS) is 17.8. The van der Waals surface area contributed by atoms with Gasteiger partial charge in [0, 0.05) is 29.7 Å². The van der Waals surface area contributed by atoms with Crippen LogP contribution in [-0.4, -0.2) is 50.6 Å². The maximum atomic E-state index is 14.0. The van der Waals surface area contributed by atoms with Crippen LogP contribution in [0.2, 0.25) is 5.02 Å². The molecule has 1 amide bonds. The highest BCUT2D eigenvalue weighted by atomic mass is 35.5. The Balaban J connectivity index is 1.50. The molecule has 5 rings (SSSR count). The SMILES string of the molecule is CC(C)(O)CNC(=O)[C@@]1(C)COc2c1cc([C@@](C)(O)CCC(=O)c1ccc3nc(N)sc3c1)nc2-c1ccc(F)c(Cl)c1. The molecule has 0 spiro atoms. The predicted octanol–water partition coefficient (Wildman–Crippen LogP) is 5.14. The second-order valence-corrected chi connectivity index (χ2v) is 13.4. The van der Waals surface area contributed by atoms with Crippen LogP contribution in [0.15, 0.2) is 42.5 Å². The highest BCUT2D eigenvalue weighted by Gasteiger charge is 2.46. The number of rotatable bonds is 9. The van der Waals surface area contributed by atoms with E-state index in [9.17, 15) is 24.2 Å². The molecule has 9 nitrogen and oxygen atoms in total. The van der Waals surface area contributed by atoms with Crippen LogP contribution < -0.4 is 15.8 Å². The van der Waals surface area contributed by atoms with E-state index in [1.165, 1.54) is 29.5 Å². The molecular formula is C31H32ClFN4O5S. The van der Waals surface area contributed by atoms with Crippen molar-refractivity contribution in [3.8, 4) is 17.0 Å². The Hall–Kier alpha value is -3.64. The van der Waals surface area contributed by atoms with E-state index < -0.39 is 22.4 Å². The zero-order chi connectivity index (χ0) is 31.3. The lowest BCUT2D eigenvalue weighted by Gasteiger charge is -2.27. The summed E-state index contributed by atoms with van der Waals surface area (Å²) in [7, 11) is 0. The number of hydrogen-bond acceptors (Lipinski definition) is 9. The number of ketones is 1. The Labute approximate surface area is 256 Å². The van der Waals surface area contributed by atoms with Gasteiger partial charge in [-0.2, -0.15) is 0 Å². The molecule has 0 aliphatic carbocycles. The number of carbonyl (C=O) groups excluding carboxylic acids is 2. The first kappa shape index (κ1) is 30.8. The van der Waals surface area contributed by atoms with E-state index in [0.29, 0.717) is 33.1 Å². The van der Waals surface area contributed by atoms with Crippen molar-refractivity contribution in [3.63, 3.8) is 0 Å². The van der Waals surface area contributed by atoms with E-state index in [4.69, 9.17) is 27.1 Å². The predicted molar refractivity (Wildman–Crippen MR) is 164 cm³/mol. The van der Waals surface area contributed by atoms with Crippen LogP contribution in [0.3, 0.4) is 0 Å². The highest BCUT2D eigenvalue weighted by molar-refractivity contribution is 7.22. The number of fused-ring (bicyclic) bond motifs is 2. The third kappa shape index (κ3) is 6.21. The number of aromatic nitrogens is 2. The Morgan fingerprint density at radius 1 is 1.16 bits per heavy atom. The van der Waals surface area contributed by atoms with Gasteiger partial charge < -0.3 is 26.0 Å². The summed E-state index contributed by atoms with van der Waals surface area (Å²) >= 11 is 7.37. The van der Waals surface area contributed by atoms with Crippen LogP contribution in [0.4, 0.5) is 9.52 Å². The summed E-state index contributed by atoms with van der Waals surface area (Å²) in [6.45, 7) is 6.38. The second-order valence-electron chi connectivity index (χ2n) is 11.9. The lowest BCUT2D eigenvalue weighted by molar-refractivity contribution is -0.127. The number of benzene rings is 2. The number of Topliss-reactive ketones (excluding diaryl/α,β-unsaturated/α-hetero) is 1. The Kier molecular flexibility index (Phi) is 7.97. The maximum Gasteiger partial charge on any atom is 0.234 e. The zero-order valence-corrected chi connectivity index (χ0v) is 25.7. The number of nitrogens with zero attached hydrogens (tertiary/aromatic N) is 2. The molecule has 0 saturated heterocycles. The topological polar surface area (TPSA) is 148 Å². The third-order valence-electron chi connectivity index (χ3n) is 7.57. The number of amides is 1. The molecule has 1 aliphatic heterocycles. The first-order valence-corrected chi connectivity index (χ1v) is 14.8. The Bertz CT molecular complexity index is 1750. The van der Waals surface area contributed by atoms with Crippen molar-refractivity contribution in [1.82, 2.24) is 15.3 Å². The van der Waals surface area contributed by atoms with Gasteiger partial charge in [0.25, 0.3) is 0 Å². The number of carbonyl (C=O) groups is 2. The summed E-state index contributed by atoms with van der Waals surface area (Å²) in [6.07, 6.45) is 0.0235. The number of aliphatic hydroxyl groups is 2. The average Bonchev–Trinajstić information content (AvgIpc) is 3.50.